The second-order valence-corrected chi connectivity index (χ2v) is 6.49. The molecule has 0 radical (unpaired) electrons. The predicted octanol–water partition coefficient (Wildman–Crippen LogP) is 2.87. The van der Waals surface area contributed by atoms with Gasteiger partial charge in [-0.05, 0) is 25.7 Å². The maximum Gasteiger partial charge on any atom is 0.230 e. The van der Waals surface area contributed by atoms with Crippen molar-refractivity contribution in [1.29, 1.82) is 0 Å². The monoisotopic (exact) mass is 316 g/mol. The molecule has 1 aromatic rings. The van der Waals surface area contributed by atoms with E-state index in [0.29, 0.717) is 19.6 Å². The first-order valence-corrected chi connectivity index (χ1v) is 8.66. The summed E-state index contributed by atoms with van der Waals surface area (Å²) in [5.74, 6) is 0.390. The molecule has 1 heterocycles. The zero-order valence-electron chi connectivity index (χ0n) is 14.3. The van der Waals surface area contributed by atoms with Crippen molar-refractivity contribution in [3.63, 3.8) is 0 Å². The molecular weight excluding hydrogens is 288 g/mol. The highest BCUT2D eigenvalue weighted by Crippen LogP contribution is 2.30. The standard InChI is InChI=1S/C19H28N2O2/c1-3-19(4-2,14-20)18(23)21-12-10-16(11-13-21)17(22)15-8-6-5-7-9-15/h5-9,16H,3-4,10-14,20H2,1-2H3. The third-order valence-electron chi connectivity index (χ3n) is 5.41. The second-order valence-electron chi connectivity index (χ2n) is 6.49. The molecule has 23 heavy (non-hydrogen) atoms. The number of hydrogen-bond acceptors (Lipinski definition) is 3. The van der Waals surface area contributed by atoms with E-state index in [4.69, 9.17) is 5.73 Å². The smallest absolute Gasteiger partial charge is 0.230 e. The lowest BCUT2D eigenvalue weighted by Crippen LogP contribution is -2.50. The van der Waals surface area contributed by atoms with E-state index in [9.17, 15) is 9.59 Å². The Balaban J connectivity index is 1.98. The van der Waals surface area contributed by atoms with Crippen LogP contribution in [0, 0.1) is 11.3 Å². The van der Waals surface area contributed by atoms with Crippen molar-refractivity contribution in [1.82, 2.24) is 4.90 Å². The van der Waals surface area contributed by atoms with Crippen molar-refractivity contribution >= 4 is 11.7 Å². The number of amides is 1. The summed E-state index contributed by atoms with van der Waals surface area (Å²) in [7, 11) is 0. The number of piperidine rings is 1. The number of nitrogens with two attached hydrogens (primary N) is 1. The van der Waals surface area contributed by atoms with E-state index in [1.165, 1.54) is 0 Å². The molecule has 2 N–H and O–H groups in total. The van der Waals surface area contributed by atoms with Crippen LogP contribution in [0.15, 0.2) is 30.3 Å². The van der Waals surface area contributed by atoms with Crippen LogP contribution in [0.5, 0.6) is 0 Å². The molecule has 1 aromatic carbocycles. The van der Waals surface area contributed by atoms with Gasteiger partial charge in [0, 0.05) is 31.1 Å². The van der Waals surface area contributed by atoms with Crippen LogP contribution in [0.1, 0.15) is 49.9 Å². The van der Waals surface area contributed by atoms with Crippen LogP contribution in [0.4, 0.5) is 0 Å². The third-order valence-corrected chi connectivity index (χ3v) is 5.41. The first-order chi connectivity index (χ1) is 11.1. The van der Waals surface area contributed by atoms with Gasteiger partial charge in [-0.25, -0.2) is 0 Å². The normalized spacial score (nSPS) is 16.4. The molecule has 1 saturated heterocycles. The van der Waals surface area contributed by atoms with Crippen LogP contribution in [0.25, 0.3) is 0 Å². The van der Waals surface area contributed by atoms with E-state index < -0.39 is 5.41 Å². The quantitative estimate of drug-likeness (QED) is 0.821. The van der Waals surface area contributed by atoms with Gasteiger partial charge < -0.3 is 10.6 Å². The van der Waals surface area contributed by atoms with E-state index in [1.807, 2.05) is 49.1 Å². The molecule has 0 saturated carbocycles. The highest BCUT2D eigenvalue weighted by Gasteiger charge is 2.38. The SMILES string of the molecule is CCC(CC)(CN)C(=O)N1CCC(C(=O)c2ccccc2)CC1. The van der Waals surface area contributed by atoms with Crippen LogP contribution in [0.2, 0.25) is 0 Å². The van der Waals surface area contributed by atoms with Gasteiger partial charge in [0.05, 0.1) is 5.41 Å². The number of benzene rings is 1. The molecule has 4 heteroatoms. The van der Waals surface area contributed by atoms with Crippen molar-refractivity contribution < 1.29 is 9.59 Å². The van der Waals surface area contributed by atoms with Gasteiger partial charge in [0.2, 0.25) is 5.91 Å². The molecule has 2 rings (SSSR count). The van der Waals surface area contributed by atoms with Crippen molar-refractivity contribution in [3.05, 3.63) is 35.9 Å². The van der Waals surface area contributed by atoms with Crippen molar-refractivity contribution in [3.8, 4) is 0 Å². The Morgan fingerprint density at radius 2 is 1.70 bits per heavy atom. The predicted molar refractivity (Wildman–Crippen MR) is 92.1 cm³/mol. The fourth-order valence-corrected chi connectivity index (χ4v) is 3.45. The number of nitrogens with zero attached hydrogens (tertiary/aromatic N) is 1. The zero-order chi connectivity index (χ0) is 16.9. The van der Waals surface area contributed by atoms with E-state index in [1.54, 1.807) is 0 Å². The summed E-state index contributed by atoms with van der Waals surface area (Å²) in [6.07, 6.45) is 3.02. The summed E-state index contributed by atoms with van der Waals surface area (Å²) >= 11 is 0. The van der Waals surface area contributed by atoms with Crippen molar-refractivity contribution in [2.24, 2.45) is 17.1 Å². The summed E-state index contributed by atoms with van der Waals surface area (Å²) in [5, 5.41) is 0. The second kappa shape index (κ2) is 7.73. The molecule has 126 valence electrons. The van der Waals surface area contributed by atoms with Gasteiger partial charge in [-0.15, -0.1) is 0 Å². The van der Waals surface area contributed by atoms with Crippen LogP contribution in [0.3, 0.4) is 0 Å². The third kappa shape index (κ3) is 3.63. The zero-order valence-corrected chi connectivity index (χ0v) is 14.3. The molecule has 1 aliphatic heterocycles. The topological polar surface area (TPSA) is 63.4 Å². The lowest BCUT2D eigenvalue weighted by atomic mass is 9.80. The van der Waals surface area contributed by atoms with E-state index in [2.05, 4.69) is 0 Å². The highest BCUT2D eigenvalue weighted by atomic mass is 16.2. The molecule has 1 fully saturated rings. The molecule has 0 spiro atoms. The number of rotatable bonds is 6. The number of carbonyl (C=O) groups is 2. The highest BCUT2D eigenvalue weighted by molar-refractivity contribution is 5.98. The van der Waals surface area contributed by atoms with Crippen LogP contribution in [-0.4, -0.2) is 36.2 Å². The Morgan fingerprint density at radius 1 is 1.13 bits per heavy atom. The minimum absolute atomic E-state index is 0.0250. The van der Waals surface area contributed by atoms with Crippen LogP contribution in [-0.2, 0) is 4.79 Å². The van der Waals surface area contributed by atoms with Crippen LogP contribution < -0.4 is 5.73 Å². The summed E-state index contributed by atoms with van der Waals surface area (Å²) in [6.45, 7) is 5.76. The molecule has 1 amide bonds. The van der Waals surface area contributed by atoms with E-state index in [0.717, 1.165) is 31.2 Å². The van der Waals surface area contributed by atoms with Crippen molar-refractivity contribution in [2.45, 2.75) is 39.5 Å². The first-order valence-electron chi connectivity index (χ1n) is 8.66. The Hall–Kier alpha value is -1.68. The summed E-state index contributed by atoms with van der Waals surface area (Å²) in [5.41, 5.74) is 6.23. The number of carbonyl (C=O) groups excluding carboxylic acids is 2. The largest absolute Gasteiger partial charge is 0.342 e. The van der Waals surface area contributed by atoms with Gasteiger partial charge in [0.25, 0.3) is 0 Å². The summed E-state index contributed by atoms with van der Waals surface area (Å²) < 4.78 is 0. The number of likely N-dealkylation sites (tertiary alicyclic amines) is 1. The Bertz CT molecular complexity index is 521. The van der Waals surface area contributed by atoms with Gasteiger partial charge in [-0.3, -0.25) is 9.59 Å². The average molecular weight is 316 g/mol. The minimum atomic E-state index is -0.434. The fourth-order valence-electron chi connectivity index (χ4n) is 3.45. The molecule has 0 aliphatic carbocycles. The van der Waals surface area contributed by atoms with Crippen LogP contribution >= 0.6 is 0 Å². The first kappa shape index (κ1) is 17.7. The molecule has 0 aromatic heterocycles. The summed E-state index contributed by atoms with van der Waals surface area (Å²) in [6, 6.07) is 9.44. The van der Waals surface area contributed by atoms with Gasteiger partial charge in [0.15, 0.2) is 5.78 Å². The van der Waals surface area contributed by atoms with Crippen molar-refractivity contribution in [2.75, 3.05) is 19.6 Å². The fraction of sp³-hybridized carbons (Fsp3) is 0.579. The molecule has 1 aliphatic rings. The van der Waals surface area contributed by atoms with Gasteiger partial charge >= 0.3 is 0 Å². The molecule has 0 bridgehead atoms. The minimum Gasteiger partial charge on any atom is -0.342 e. The van der Waals surface area contributed by atoms with E-state index >= 15 is 0 Å². The van der Waals surface area contributed by atoms with Gasteiger partial charge in [-0.2, -0.15) is 0 Å². The molecule has 0 atom stereocenters. The lowest BCUT2D eigenvalue weighted by molar-refractivity contribution is -0.143. The maximum atomic E-state index is 12.8. The molecule has 0 unspecified atom stereocenters. The molecule has 4 nitrogen and oxygen atoms in total. The van der Waals surface area contributed by atoms with E-state index in [-0.39, 0.29) is 17.6 Å². The average Bonchev–Trinajstić information content (AvgIpc) is 2.64. The Kier molecular flexibility index (Phi) is 5.94. The maximum absolute atomic E-state index is 12.8. The lowest BCUT2D eigenvalue weighted by Gasteiger charge is -2.38. The summed E-state index contributed by atoms with van der Waals surface area (Å²) in [4.78, 5) is 27.3. The van der Waals surface area contributed by atoms with Gasteiger partial charge in [-0.1, -0.05) is 44.2 Å². The molecular formula is C19H28N2O2. The van der Waals surface area contributed by atoms with Gasteiger partial charge in [0.1, 0.15) is 0 Å². The number of Topliss-reactive ketones (excluding diaryl/α,β-unsaturated/α-hetero) is 1. The number of ketones is 1. The number of hydrogen-bond donors (Lipinski definition) is 1. The Labute approximate surface area is 139 Å². The Morgan fingerprint density at radius 3 is 2.17 bits per heavy atom.